The lowest BCUT2D eigenvalue weighted by molar-refractivity contribution is -0.137. The molecule has 0 amide bonds. The molecule has 0 aliphatic carbocycles. The molecule has 0 saturated carbocycles. The Morgan fingerprint density at radius 1 is 1.42 bits per heavy atom. The minimum atomic E-state index is -4.37. The Labute approximate surface area is 115 Å². The van der Waals surface area contributed by atoms with E-state index in [-0.39, 0.29) is 17.7 Å². The lowest BCUT2D eigenvalue weighted by Gasteiger charge is -2.23. The third kappa shape index (κ3) is 3.15. The van der Waals surface area contributed by atoms with Crippen LogP contribution in [0.3, 0.4) is 0 Å². The summed E-state index contributed by atoms with van der Waals surface area (Å²) in [7, 11) is 1.58. The van der Waals surface area contributed by atoms with Crippen LogP contribution in [0.4, 0.5) is 18.9 Å². The molecule has 1 saturated heterocycles. The molecule has 19 heavy (non-hydrogen) atoms. The number of hydrogen-bond acceptors (Lipinski definition) is 2. The van der Waals surface area contributed by atoms with Gasteiger partial charge in [-0.3, -0.25) is 0 Å². The first-order valence-electron chi connectivity index (χ1n) is 5.99. The molecule has 0 N–H and O–H groups in total. The molecule has 1 aromatic rings. The fourth-order valence-corrected chi connectivity index (χ4v) is 2.47. The standard InChI is InChI=1S/C13H15ClF3NO/c1-19-10-4-5-18(8-10)12-3-2-9(7-14)6-11(12)13(15,16)17/h2-3,6,10H,4-5,7-8H2,1H3. The summed E-state index contributed by atoms with van der Waals surface area (Å²) in [4.78, 5) is 1.72. The van der Waals surface area contributed by atoms with Crippen LogP contribution in [0, 0.1) is 0 Å². The summed E-state index contributed by atoms with van der Waals surface area (Å²) < 4.78 is 44.5. The van der Waals surface area contributed by atoms with Crippen molar-refractivity contribution < 1.29 is 17.9 Å². The summed E-state index contributed by atoms with van der Waals surface area (Å²) in [5.74, 6) is 0.0735. The first kappa shape index (κ1) is 14.5. The largest absolute Gasteiger partial charge is 0.418 e. The van der Waals surface area contributed by atoms with E-state index in [1.807, 2.05) is 0 Å². The van der Waals surface area contributed by atoms with Crippen LogP contribution in [0.1, 0.15) is 17.5 Å². The highest BCUT2D eigenvalue weighted by molar-refractivity contribution is 6.17. The lowest BCUT2D eigenvalue weighted by Crippen LogP contribution is -2.25. The van der Waals surface area contributed by atoms with E-state index in [1.165, 1.54) is 6.07 Å². The van der Waals surface area contributed by atoms with E-state index in [2.05, 4.69) is 0 Å². The van der Waals surface area contributed by atoms with E-state index in [0.717, 1.165) is 12.5 Å². The maximum Gasteiger partial charge on any atom is 0.418 e. The summed E-state index contributed by atoms with van der Waals surface area (Å²) in [6.45, 7) is 1.06. The maximum atomic E-state index is 13.1. The molecule has 1 aliphatic heterocycles. The molecule has 0 spiro atoms. The Balaban J connectivity index is 2.34. The molecule has 1 atom stereocenters. The van der Waals surface area contributed by atoms with E-state index < -0.39 is 11.7 Å². The average Bonchev–Trinajstić information content (AvgIpc) is 2.85. The maximum absolute atomic E-state index is 13.1. The third-order valence-corrected chi connectivity index (χ3v) is 3.65. The number of rotatable bonds is 3. The van der Waals surface area contributed by atoms with Gasteiger partial charge in [0.25, 0.3) is 0 Å². The molecule has 1 fully saturated rings. The molecular weight excluding hydrogens is 279 g/mol. The van der Waals surface area contributed by atoms with E-state index in [9.17, 15) is 13.2 Å². The zero-order chi connectivity index (χ0) is 14.0. The summed E-state index contributed by atoms with van der Waals surface area (Å²) in [5, 5.41) is 0. The molecule has 1 aliphatic rings. The topological polar surface area (TPSA) is 12.5 Å². The lowest BCUT2D eigenvalue weighted by atomic mass is 10.1. The molecule has 1 heterocycles. The normalized spacial score (nSPS) is 20.1. The van der Waals surface area contributed by atoms with Gasteiger partial charge in [-0.05, 0) is 24.1 Å². The molecule has 106 valence electrons. The number of ether oxygens (including phenoxy) is 1. The number of alkyl halides is 4. The Hall–Kier alpha value is -0.940. The predicted octanol–water partition coefficient (Wildman–Crippen LogP) is 3.67. The van der Waals surface area contributed by atoms with Crippen LogP contribution < -0.4 is 4.90 Å². The predicted molar refractivity (Wildman–Crippen MR) is 68.6 cm³/mol. The van der Waals surface area contributed by atoms with Crippen LogP contribution >= 0.6 is 11.6 Å². The van der Waals surface area contributed by atoms with Gasteiger partial charge in [-0.1, -0.05) is 6.07 Å². The van der Waals surface area contributed by atoms with Crippen molar-refractivity contribution in [2.75, 3.05) is 25.1 Å². The van der Waals surface area contributed by atoms with E-state index >= 15 is 0 Å². The van der Waals surface area contributed by atoms with E-state index in [4.69, 9.17) is 16.3 Å². The van der Waals surface area contributed by atoms with Crippen LogP contribution in [0.15, 0.2) is 18.2 Å². The SMILES string of the molecule is COC1CCN(c2ccc(CCl)cc2C(F)(F)F)C1. The second-order valence-corrected chi connectivity index (χ2v) is 4.84. The summed E-state index contributed by atoms with van der Waals surface area (Å²) >= 11 is 5.61. The Bertz CT molecular complexity index is 450. The molecule has 1 unspecified atom stereocenters. The van der Waals surface area contributed by atoms with Gasteiger partial charge in [0.2, 0.25) is 0 Å². The van der Waals surface area contributed by atoms with Crippen molar-refractivity contribution in [3.8, 4) is 0 Å². The van der Waals surface area contributed by atoms with Crippen molar-refractivity contribution in [3.63, 3.8) is 0 Å². The highest BCUT2D eigenvalue weighted by Crippen LogP contribution is 2.38. The van der Waals surface area contributed by atoms with Gasteiger partial charge >= 0.3 is 6.18 Å². The Morgan fingerprint density at radius 3 is 2.68 bits per heavy atom. The van der Waals surface area contributed by atoms with E-state index in [0.29, 0.717) is 18.7 Å². The molecule has 0 bridgehead atoms. The molecule has 2 nitrogen and oxygen atoms in total. The van der Waals surface area contributed by atoms with Gasteiger partial charge < -0.3 is 9.64 Å². The highest BCUT2D eigenvalue weighted by atomic mass is 35.5. The van der Waals surface area contributed by atoms with Crippen molar-refractivity contribution in [2.24, 2.45) is 0 Å². The molecule has 6 heteroatoms. The summed E-state index contributed by atoms with van der Waals surface area (Å²) in [6, 6.07) is 4.26. The fourth-order valence-electron chi connectivity index (χ4n) is 2.31. The van der Waals surface area contributed by atoms with Crippen LogP contribution in [-0.4, -0.2) is 26.3 Å². The van der Waals surface area contributed by atoms with Crippen LogP contribution in [0.25, 0.3) is 0 Å². The molecule has 0 radical (unpaired) electrons. The van der Waals surface area contributed by atoms with Crippen molar-refractivity contribution in [1.29, 1.82) is 0 Å². The van der Waals surface area contributed by atoms with Crippen molar-refractivity contribution in [1.82, 2.24) is 0 Å². The summed E-state index contributed by atoms with van der Waals surface area (Å²) in [6.07, 6.45) is -3.64. The monoisotopic (exact) mass is 293 g/mol. The Kier molecular flexibility index (Phi) is 4.26. The zero-order valence-electron chi connectivity index (χ0n) is 10.5. The Morgan fingerprint density at radius 2 is 2.16 bits per heavy atom. The van der Waals surface area contributed by atoms with Gasteiger partial charge in [-0.2, -0.15) is 13.2 Å². The van der Waals surface area contributed by atoms with Gasteiger partial charge in [-0.15, -0.1) is 11.6 Å². The number of anilines is 1. The first-order valence-corrected chi connectivity index (χ1v) is 6.53. The second kappa shape index (κ2) is 5.59. The van der Waals surface area contributed by atoms with Gasteiger partial charge in [0.15, 0.2) is 0 Å². The first-order chi connectivity index (χ1) is 8.95. The van der Waals surface area contributed by atoms with Gasteiger partial charge in [0, 0.05) is 31.8 Å². The minimum Gasteiger partial charge on any atom is -0.380 e. The number of nitrogens with zero attached hydrogens (tertiary/aromatic N) is 1. The minimum absolute atomic E-state index is 0.00575. The fraction of sp³-hybridized carbons (Fsp3) is 0.538. The summed E-state index contributed by atoms with van der Waals surface area (Å²) in [5.41, 5.74) is 0.0588. The van der Waals surface area contributed by atoms with Gasteiger partial charge in [-0.25, -0.2) is 0 Å². The molecule has 2 rings (SSSR count). The van der Waals surface area contributed by atoms with E-state index in [1.54, 1.807) is 18.1 Å². The number of methoxy groups -OCH3 is 1. The number of halogens is 4. The quantitative estimate of drug-likeness (QED) is 0.789. The second-order valence-electron chi connectivity index (χ2n) is 4.58. The van der Waals surface area contributed by atoms with Crippen molar-refractivity contribution in [2.45, 2.75) is 24.6 Å². The smallest absolute Gasteiger partial charge is 0.380 e. The van der Waals surface area contributed by atoms with Gasteiger partial charge in [0.1, 0.15) is 0 Å². The highest BCUT2D eigenvalue weighted by Gasteiger charge is 2.36. The van der Waals surface area contributed by atoms with Crippen molar-refractivity contribution >= 4 is 17.3 Å². The van der Waals surface area contributed by atoms with Crippen molar-refractivity contribution in [3.05, 3.63) is 29.3 Å². The van der Waals surface area contributed by atoms with Crippen LogP contribution in [0.5, 0.6) is 0 Å². The molecule has 0 aromatic heterocycles. The number of benzene rings is 1. The van der Waals surface area contributed by atoms with Crippen LogP contribution in [0.2, 0.25) is 0 Å². The number of hydrogen-bond donors (Lipinski definition) is 0. The average molecular weight is 294 g/mol. The van der Waals surface area contributed by atoms with Gasteiger partial charge in [0.05, 0.1) is 11.7 Å². The molecular formula is C13H15ClF3NO. The molecule has 1 aromatic carbocycles. The van der Waals surface area contributed by atoms with Crippen LogP contribution in [-0.2, 0) is 16.8 Å². The third-order valence-electron chi connectivity index (χ3n) is 3.34. The zero-order valence-corrected chi connectivity index (χ0v) is 11.3.